The van der Waals surface area contributed by atoms with Crippen LogP contribution in [-0.4, -0.2) is 46.4 Å². The van der Waals surface area contributed by atoms with Crippen LogP contribution in [0.2, 0.25) is 0 Å². The Hall–Kier alpha value is -3.88. The van der Waals surface area contributed by atoms with Crippen molar-refractivity contribution >= 4 is 11.9 Å². The fourth-order valence-electron chi connectivity index (χ4n) is 5.83. The first-order valence-corrected chi connectivity index (χ1v) is 13.8. The largest absolute Gasteiger partial charge is 0.493 e. The van der Waals surface area contributed by atoms with E-state index in [1.807, 2.05) is 66.7 Å². The SMILES string of the molecule is COc1ccc2c(c1OCc1ccccc1)CC(C(=O)O)N(C(O)[C@H](NC(=O)C1CCCC1)c1ccccc1)C2. The van der Waals surface area contributed by atoms with E-state index in [4.69, 9.17) is 9.47 Å². The van der Waals surface area contributed by atoms with E-state index in [0.717, 1.165) is 47.9 Å². The van der Waals surface area contributed by atoms with Crippen molar-refractivity contribution in [2.24, 2.45) is 5.92 Å². The van der Waals surface area contributed by atoms with Crippen LogP contribution in [0.3, 0.4) is 0 Å². The number of aliphatic hydroxyl groups excluding tert-OH is 1. The van der Waals surface area contributed by atoms with E-state index >= 15 is 0 Å². The first-order valence-electron chi connectivity index (χ1n) is 13.8. The topological polar surface area (TPSA) is 108 Å². The van der Waals surface area contributed by atoms with E-state index in [9.17, 15) is 19.8 Å². The number of aliphatic carboxylic acids is 1. The van der Waals surface area contributed by atoms with Crippen LogP contribution in [0.1, 0.15) is 54.0 Å². The maximum Gasteiger partial charge on any atom is 0.321 e. The molecule has 3 aromatic carbocycles. The molecule has 8 heteroatoms. The van der Waals surface area contributed by atoms with E-state index in [2.05, 4.69) is 5.32 Å². The number of rotatable bonds is 10. The number of hydrogen-bond acceptors (Lipinski definition) is 6. The van der Waals surface area contributed by atoms with E-state index in [0.29, 0.717) is 18.1 Å². The summed E-state index contributed by atoms with van der Waals surface area (Å²) < 4.78 is 11.8. The van der Waals surface area contributed by atoms with E-state index in [-0.39, 0.29) is 24.8 Å². The van der Waals surface area contributed by atoms with Crippen LogP contribution in [0.4, 0.5) is 0 Å². The fraction of sp³-hybridized carbons (Fsp3) is 0.375. The Balaban J connectivity index is 1.45. The van der Waals surface area contributed by atoms with Gasteiger partial charge in [-0.3, -0.25) is 14.5 Å². The van der Waals surface area contributed by atoms with Crippen molar-refractivity contribution in [3.8, 4) is 11.5 Å². The van der Waals surface area contributed by atoms with Gasteiger partial charge in [0.1, 0.15) is 18.9 Å². The molecule has 1 amide bonds. The molecule has 0 aromatic heterocycles. The van der Waals surface area contributed by atoms with Crippen molar-refractivity contribution in [1.29, 1.82) is 0 Å². The van der Waals surface area contributed by atoms with Crippen LogP contribution in [0.25, 0.3) is 0 Å². The maximum atomic E-state index is 13.1. The van der Waals surface area contributed by atoms with Gasteiger partial charge >= 0.3 is 5.97 Å². The lowest BCUT2D eigenvalue weighted by molar-refractivity contribution is -0.152. The summed E-state index contributed by atoms with van der Waals surface area (Å²) in [7, 11) is 1.56. The van der Waals surface area contributed by atoms with Crippen LogP contribution in [0, 0.1) is 5.92 Å². The number of carboxylic acid groups (broad SMARTS) is 1. The van der Waals surface area contributed by atoms with Gasteiger partial charge in [0.25, 0.3) is 0 Å². The Morgan fingerprint density at radius 3 is 2.33 bits per heavy atom. The highest BCUT2D eigenvalue weighted by Crippen LogP contribution is 2.40. The Bertz CT molecular complexity index is 1310. The molecule has 2 aliphatic rings. The van der Waals surface area contributed by atoms with Crippen LogP contribution in [0.5, 0.6) is 11.5 Å². The molecule has 0 spiro atoms. The summed E-state index contributed by atoms with van der Waals surface area (Å²) in [6.07, 6.45) is 2.52. The molecule has 1 heterocycles. The molecule has 0 bridgehead atoms. The molecule has 40 heavy (non-hydrogen) atoms. The highest BCUT2D eigenvalue weighted by Gasteiger charge is 2.41. The van der Waals surface area contributed by atoms with Crippen molar-refractivity contribution < 1.29 is 29.3 Å². The average molecular weight is 545 g/mol. The second kappa shape index (κ2) is 12.5. The van der Waals surface area contributed by atoms with Crippen molar-refractivity contribution in [1.82, 2.24) is 10.2 Å². The number of ether oxygens (including phenoxy) is 2. The number of carbonyl (C=O) groups excluding carboxylic acids is 1. The minimum Gasteiger partial charge on any atom is -0.493 e. The Morgan fingerprint density at radius 1 is 1.00 bits per heavy atom. The summed E-state index contributed by atoms with van der Waals surface area (Å²) in [6.45, 7) is 0.475. The molecular weight excluding hydrogens is 508 g/mol. The summed E-state index contributed by atoms with van der Waals surface area (Å²) in [5.41, 5.74) is 3.29. The van der Waals surface area contributed by atoms with Crippen LogP contribution in [-0.2, 0) is 29.2 Å². The maximum absolute atomic E-state index is 13.1. The minimum atomic E-state index is -1.27. The number of benzene rings is 3. The number of carboxylic acids is 1. The van der Waals surface area contributed by atoms with Gasteiger partial charge in [0.05, 0.1) is 13.2 Å². The molecule has 1 fully saturated rings. The zero-order valence-electron chi connectivity index (χ0n) is 22.7. The molecule has 3 N–H and O–H groups in total. The number of amides is 1. The summed E-state index contributed by atoms with van der Waals surface area (Å²) in [5.74, 6) is -0.212. The van der Waals surface area contributed by atoms with Crippen molar-refractivity contribution in [3.05, 3.63) is 95.1 Å². The smallest absolute Gasteiger partial charge is 0.321 e. The minimum absolute atomic E-state index is 0.0902. The van der Waals surface area contributed by atoms with Gasteiger partial charge in [0.2, 0.25) is 5.91 Å². The van der Waals surface area contributed by atoms with E-state index in [1.54, 1.807) is 18.1 Å². The number of hydrogen-bond donors (Lipinski definition) is 3. The highest BCUT2D eigenvalue weighted by molar-refractivity contribution is 5.79. The molecule has 5 rings (SSSR count). The van der Waals surface area contributed by atoms with Crippen molar-refractivity contribution in [2.45, 2.75) is 63.6 Å². The second-order valence-corrected chi connectivity index (χ2v) is 10.5. The molecule has 1 aliphatic carbocycles. The van der Waals surface area contributed by atoms with Gasteiger partial charge in [-0.1, -0.05) is 79.6 Å². The third-order valence-electron chi connectivity index (χ3n) is 8.02. The summed E-state index contributed by atoms with van der Waals surface area (Å²) in [6, 6.07) is 20.8. The molecule has 3 atom stereocenters. The average Bonchev–Trinajstić information content (AvgIpc) is 3.54. The van der Waals surface area contributed by atoms with Gasteiger partial charge in [-0.15, -0.1) is 0 Å². The first kappa shape index (κ1) is 27.7. The zero-order valence-corrected chi connectivity index (χ0v) is 22.7. The molecule has 2 unspecified atom stereocenters. The predicted molar refractivity (Wildman–Crippen MR) is 150 cm³/mol. The third-order valence-corrected chi connectivity index (χ3v) is 8.02. The number of nitrogens with one attached hydrogen (secondary N) is 1. The number of methoxy groups -OCH3 is 1. The lowest BCUT2D eigenvalue weighted by Gasteiger charge is -2.41. The van der Waals surface area contributed by atoms with Gasteiger partial charge in [-0.2, -0.15) is 0 Å². The molecule has 3 aromatic rings. The summed E-state index contributed by atoms with van der Waals surface area (Å²) in [5, 5.41) is 25.1. The van der Waals surface area contributed by atoms with Gasteiger partial charge in [-0.05, 0) is 35.6 Å². The molecule has 0 saturated heterocycles. The molecule has 0 radical (unpaired) electrons. The second-order valence-electron chi connectivity index (χ2n) is 10.5. The molecule has 1 aliphatic heterocycles. The summed E-state index contributed by atoms with van der Waals surface area (Å²) >= 11 is 0. The van der Waals surface area contributed by atoms with Gasteiger partial charge in [0, 0.05) is 24.4 Å². The van der Waals surface area contributed by atoms with Gasteiger partial charge in [-0.25, -0.2) is 0 Å². The van der Waals surface area contributed by atoms with Crippen molar-refractivity contribution in [3.63, 3.8) is 0 Å². The van der Waals surface area contributed by atoms with Crippen LogP contribution >= 0.6 is 0 Å². The standard InChI is InChI=1S/C32H36N2O6/c1-39-27-17-16-24-19-34(26(32(37)38)18-25(24)29(27)40-20-21-10-4-2-5-11-21)31(36)28(22-12-6-3-7-13-22)33-30(35)23-14-8-9-15-23/h2-7,10-13,16-17,23,26,28,31,36H,8-9,14-15,18-20H2,1H3,(H,33,35)(H,37,38)/t26?,28-,31?/m1/s1. The van der Waals surface area contributed by atoms with E-state index in [1.165, 1.54) is 0 Å². The summed E-state index contributed by atoms with van der Waals surface area (Å²) in [4.78, 5) is 27.3. The number of carbonyl (C=O) groups is 2. The molecule has 210 valence electrons. The molecule has 8 nitrogen and oxygen atoms in total. The third kappa shape index (κ3) is 5.98. The first-order chi connectivity index (χ1) is 19.5. The Labute approximate surface area is 234 Å². The fourth-order valence-corrected chi connectivity index (χ4v) is 5.83. The lowest BCUT2D eigenvalue weighted by Crippen LogP contribution is -2.55. The van der Waals surface area contributed by atoms with Crippen LogP contribution < -0.4 is 14.8 Å². The normalized spacial score (nSPS) is 18.9. The Kier molecular flexibility index (Phi) is 8.67. The van der Waals surface area contributed by atoms with Crippen LogP contribution in [0.15, 0.2) is 72.8 Å². The molecular formula is C32H36N2O6. The lowest BCUT2D eigenvalue weighted by atomic mass is 9.91. The quantitative estimate of drug-likeness (QED) is 0.346. The predicted octanol–water partition coefficient (Wildman–Crippen LogP) is 4.45. The number of fused-ring (bicyclic) bond motifs is 1. The number of nitrogens with zero attached hydrogens (tertiary/aromatic N) is 1. The molecule has 1 saturated carbocycles. The monoisotopic (exact) mass is 544 g/mol. The van der Waals surface area contributed by atoms with E-state index < -0.39 is 24.3 Å². The van der Waals surface area contributed by atoms with Gasteiger partial charge < -0.3 is 25.0 Å². The van der Waals surface area contributed by atoms with Crippen molar-refractivity contribution in [2.75, 3.05) is 7.11 Å². The Morgan fingerprint density at radius 2 is 1.68 bits per heavy atom. The van der Waals surface area contributed by atoms with Gasteiger partial charge in [0.15, 0.2) is 11.5 Å². The highest BCUT2D eigenvalue weighted by atomic mass is 16.5. The number of aliphatic hydroxyl groups is 1. The zero-order chi connectivity index (χ0) is 28.1.